The molecule has 1 aliphatic carbocycles. The molecule has 2 bridgehead atoms. The van der Waals surface area contributed by atoms with Crippen molar-refractivity contribution in [3.8, 4) is 0 Å². The first-order valence-corrected chi connectivity index (χ1v) is 13.3. The number of Topliss-reactive ketones (excluding diaryl/α,β-unsaturated/α-hetero) is 1. The van der Waals surface area contributed by atoms with Gasteiger partial charge in [0.15, 0.2) is 5.78 Å². The van der Waals surface area contributed by atoms with Gasteiger partial charge in [0.1, 0.15) is 6.10 Å². The van der Waals surface area contributed by atoms with Crippen molar-refractivity contribution in [3.63, 3.8) is 0 Å². The van der Waals surface area contributed by atoms with Crippen LogP contribution < -0.4 is 11.1 Å². The first-order chi connectivity index (χ1) is 18.8. The van der Waals surface area contributed by atoms with Crippen molar-refractivity contribution < 1.29 is 38.1 Å². The first kappa shape index (κ1) is 32.9. The summed E-state index contributed by atoms with van der Waals surface area (Å²) >= 11 is 0. The summed E-state index contributed by atoms with van der Waals surface area (Å²) in [7, 11) is 4.64. The van der Waals surface area contributed by atoms with Crippen molar-refractivity contribution in [1.82, 2.24) is 5.32 Å². The lowest BCUT2D eigenvalue weighted by Gasteiger charge is -2.34. The number of fused-ring (bicyclic) bond motifs is 2. The van der Waals surface area contributed by atoms with Gasteiger partial charge in [-0.3, -0.25) is 14.4 Å². The smallest absolute Gasteiger partial charge is 0.405 e. The second-order valence-electron chi connectivity index (χ2n) is 10.4. The summed E-state index contributed by atoms with van der Waals surface area (Å²) in [4.78, 5) is 50.5. The second kappa shape index (κ2) is 14.9. The van der Waals surface area contributed by atoms with Crippen LogP contribution in [0, 0.1) is 17.8 Å². The summed E-state index contributed by atoms with van der Waals surface area (Å²) in [5.74, 6) is -2.19. The van der Waals surface area contributed by atoms with Gasteiger partial charge in [0.2, 0.25) is 5.78 Å². The Bertz CT molecular complexity index is 1130. The number of carbonyl (C=O) groups excluding carboxylic acids is 4. The maximum absolute atomic E-state index is 13.4. The monoisotopic (exact) mass is 558 g/mol. The second-order valence-corrected chi connectivity index (χ2v) is 10.4. The van der Waals surface area contributed by atoms with E-state index < -0.39 is 48.0 Å². The normalized spacial score (nSPS) is 31.0. The third-order valence-electron chi connectivity index (χ3n) is 7.29. The Kier molecular flexibility index (Phi) is 12.2. The Balaban J connectivity index is 2.62. The largest absolute Gasteiger partial charge is 0.441 e. The van der Waals surface area contributed by atoms with E-state index in [9.17, 15) is 19.2 Å². The van der Waals surface area contributed by atoms with Crippen LogP contribution in [0.5, 0.6) is 0 Å². The van der Waals surface area contributed by atoms with E-state index in [4.69, 9.17) is 24.7 Å². The molecule has 2 amide bonds. The molecule has 1 aliphatic heterocycles. The SMILES string of the molecule is CO[C@H]1[C@H](C)C=C(C)C(OC(N)=O)[C@@H](C)C=CC=C(C)C(=O)NC2=CC(=O)C=C(C2=O)[C@H](OC)[C@@H](C)C[C@H]1OC. The zero-order valence-corrected chi connectivity index (χ0v) is 24.6. The van der Waals surface area contributed by atoms with Gasteiger partial charge >= 0.3 is 6.09 Å². The van der Waals surface area contributed by atoms with E-state index in [1.54, 1.807) is 39.4 Å². The number of nitrogens with one attached hydrogen (secondary N) is 1. The lowest BCUT2D eigenvalue weighted by Crippen LogP contribution is -2.40. The third kappa shape index (κ3) is 8.33. The molecule has 40 heavy (non-hydrogen) atoms. The molecule has 220 valence electrons. The highest BCUT2D eigenvalue weighted by atomic mass is 16.6. The van der Waals surface area contributed by atoms with Crippen molar-refractivity contribution in [2.75, 3.05) is 21.3 Å². The fourth-order valence-electron chi connectivity index (χ4n) is 5.27. The van der Waals surface area contributed by atoms with Gasteiger partial charge in [-0.2, -0.15) is 0 Å². The molecule has 2 rings (SSSR count). The van der Waals surface area contributed by atoms with Gasteiger partial charge in [-0.25, -0.2) is 4.79 Å². The predicted molar refractivity (Wildman–Crippen MR) is 150 cm³/mol. The highest BCUT2D eigenvalue weighted by molar-refractivity contribution is 6.22. The van der Waals surface area contributed by atoms with E-state index in [-0.39, 0.29) is 29.0 Å². The Morgan fingerprint density at radius 1 is 0.950 bits per heavy atom. The van der Waals surface area contributed by atoms with Crippen LogP contribution in [0.15, 0.2) is 58.9 Å². The molecule has 1 heterocycles. The molecule has 2 aliphatic rings. The summed E-state index contributed by atoms with van der Waals surface area (Å²) in [5.41, 5.74) is 6.49. The number of amides is 2. The maximum Gasteiger partial charge on any atom is 0.405 e. The van der Waals surface area contributed by atoms with Crippen LogP contribution in [0.4, 0.5) is 4.79 Å². The molecule has 0 aromatic rings. The van der Waals surface area contributed by atoms with Crippen molar-refractivity contribution in [2.24, 2.45) is 23.5 Å². The summed E-state index contributed by atoms with van der Waals surface area (Å²) in [6.45, 7) is 9.17. The minimum atomic E-state index is -0.902. The van der Waals surface area contributed by atoms with Crippen molar-refractivity contribution >= 4 is 23.6 Å². The van der Waals surface area contributed by atoms with Crippen LogP contribution >= 0.6 is 0 Å². The highest BCUT2D eigenvalue weighted by Crippen LogP contribution is 2.30. The number of carbonyl (C=O) groups is 4. The molecule has 0 aromatic heterocycles. The number of hydrogen-bond donors (Lipinski definition) is 2. The lowest BCUT2D eigenvalue weighted by atomic mass is 9.83. The van der Waals surface area contributed by atoms with Gasteiger partial charge in [0, 0.05) is 50.4 Å². The molecule has 0 radical (unpaired) electrons. The van der Waals surface area contributed by atoms with E-state index in [0.29, 0.717) is 12.0 Å². The molecular weight excluding hydrogens is 516 g/mol. The number of ketones is 2. The number of allylic oxidation sites excluding steroid dienone is 5. The average molecular weight is 559 g/mol. The Hall–Kier alpha value is -3.34. The van der Waals surface area contributed by atoms with E-state index in [1.165, 1.54) is 13.2 Å². The number of nitrogens with two attached hydrogens (primary N) is 1. The Morgan fingerprint density at radius 3 is 2.20 bits per heavy atom. The third-order valence-corrected chi connectivity index (χ3v) is 7.29. The quantitative estimate of drug-likeness (QED) is 0.395. The number of hydrogen-bond acceptors (Lipinski definition) is 8. The zero-order valence-electron chi connectivity index (χ0n) is 24.6. The van der Waals surface area contributed by atoms with Crippen LogP contribution in [-0.4, -0.2) is 69.3 Å². The topological polar surface area (TPSA) is 143 Å². The molecule has 10 heteroatoms. The fraction of sp³-hybridized carbons (Fsp3) is 0.533. The van der Waals surface area contributed by atoms with Gasteiger partial charge in [-0.05, 0) is 37.8 Å². The number of rotatable bonds is 4. The lowest BCUT2D eigenvalue weighted by molar-refractivity contribution is -0.120. The molecule has 0 spiro atoms. The van der Waals surface area contributed by atoms with E-state index >= 15 is 0 Å². The minimum absolute atomic E-state index is 0.119. The molecule has 0 saturated heterocycles. The van der Waals surface area contributed by atoms with Gasteiger partial charge in [-0.1, -0.05) is 45.1 Å². The van der Waals surface area contributed by atoms with Crippen LogP contribution in [-0.2, 0) is 33.3 Å². The van der Waals surface area contributed by atoms with Gasteiger partial charge in [0.05, 0.1) is 24.0 Å². The predicted octanol–water partition coefficient (Wildman–Crippen LogP) is 3.33. The molecule has 10 nitrogen and oxygen atoms in total. The summed E-state index contributed by atoms with van der Waals surface area (Å²) in [6, 6.07) is 0. The minimum Gasteiger partial charge on any atom is -0.441 e. The zero-order chi connectivity index (χ0) is 30.1. The molecule has 0 saturated carbocycles. The molecule has 0 aromatic carbocycles. The summed E-state index contributed by atoms with van der Waals surface area (Å²) in [5, 5.41) is 2.56. The van der Waals surface area contributed by atoms with Crippen molar-refractivity contribution in [3.05, 3.63) is 58.9 Å². The molecular formula is C30H42N2O8. The van der Waals surface area contributed by atoms with Crippen LogP contribution in [0.25, 0.3) is 0 Å². The fourth-order valence-corrected chi connectivity index (χ4v) is 5.27. The Morgan fingerprint density at radius 2 is 1.62 bits per heavy atom. The van der Waals surface area contributed by atoms with Crippen LogP contribution in [0.2, 0.25) is 0 Å². The van der Waals surface area contributed by atoms with E-state index in [0.717, 1.165) is 11.6 Å². The van der Waals surface area contributed by atoms with E-state index in [1.807, 2.05) is 33.8 Å². The van der Waals surface area contributed by atoms with Crippen molar-refractivity contribution in [2.45, 2.75) is 65.5 Å². The van der Waals surface area contributed by atoms with Gasteiger partial charge in [-0.15, -0.1) is 0 Å². The summed E-state index contributed by atoms with van der Waals surface area (Å²) < 4.78 is 22.9. The summed E-state index contributed by atoms with van der Waals surface area (Å²) in [6.07, 6.45) is 6.65. The highest BCUT2D eigenvalue weighted by Gasteiger charge is 2.36. The average Bonchev–Trinajstić information content (AvgIpc) is 2.88. The maximum atomic E-state index is 13.4. The number of primary amides is 1. The molecule has 1 unspecified atom stereocenters. The standard InChI is InChI=1S/C30H42N2O8/c1-16-10-9-11-17(2)29(35)32-23-15-21(33)14-22(25(23)34)27(38-7)20(5)13-24(37-6)28(39-8)19(4)12-18(3)26(16)40-30(31)36/h9-12,14-16,19-20,24,26-28H,13H2,1-8H3,(H2,31,36)(H,32,35)/t16-,19+,20-,24+,26?,27+,28-/m0/s1. The first-order valence-electron chi connectivity index (χ1n) is 13.3. The van der Waals surface area contributed by atoms with Gasteiger partial charge < -0.3 is 30.0 Å². The number of methoxy groups -OCH3 is 3. The Labute approximate surface area is 236 Å². The molecule has 3 N–H and O–H groups in total. The molecule has 0 fully saturated rings. The van der Waals surface area contributed by atoms with E-state index in [2.05, 4.69) is 5.32 Å². The van der Waals surface area contributed by atoms with Crippen LogP contribution in [0.1, 0.15) is 41.0 Å². The molecule has 7 atom stereocenters. The van der Waals surface area contributed by atoms with Crippen molar-refractivity contribution in [1.29, 1.82) is 0 Å². The van der Waals surface area contributed by atoms with Crippen LogP contribution in [0.3, 0.4) is 0 Å². The van der Waals surface area contributed by atoms with Gasteiger partial charge in [0.25, 0.3) is 5.91 Å². The number of ether oxygens (including phenoxy) is 4.